The van der Waals surface area contributed by atoms with Gasteiger partial charge in [-0.15, -0.1) is 0 Å². The van der Waals surface area contributed by atoms with Crippen LogP contribution in [0.2, 0.25) is 0 Å². The second kappa shape index (κ2) is 9.36. The zero-order valence-corrected chi connectivity index (χ0v) is 18.1. The zero-order chi connectivity index (χ0) is 21.8. The molecule has 4 aromatic rings. The lowest BCUT2D eigenvalue weighted by Gasteiger charge is -2.26. The van der Waals surface area contributed by atoms with Gasteiger partial charge in [-0.3, -0.25) is 14.1 Å². The molecule has 1 saturated heterocycles. The van der Waals surface area contributed by atoms with Gasteiger partial charge in [0.2, 0.25) is 6.41 Å². The summed E-state index contributed by atoms with van der Waals surface area (Å²) in [6.07, 6.45) is 4.31. The van der Waals surface area contributed by atoms with Crippen molar-refractivity contribution < 1.29 is 14.3 Å². The lowest BCUT2D eigenvalue weighted by atomic mass is 10.2. The van der Waals surface area contributed by atoms with Crippen LogP contribution in [0, 0.1) is 11.8 Å². The highest BCUT2D eigenvalue weighted by Gasteiger charge is 2.12. The highest BCUT2D eigenvalue weighted by molar-refractivity contribution is 7.23. The number of hydrogen-bond acceptors (Lipinski definition) is 7. The van der Waals surface area contributed by atoms with Gasteiger partial charge in [0.05, 0.1) is 24.1 Å². The molecule has 1 aliphatic rings. The van der Waals surface area contributed by atoms with Crippen molar-refractivity contribution in [2.45, 2.75) is 0 Å². The molecule has 0 unspecified atom stereocenters. The number of imidazole rings is 1. The van der Waals surface area contributed by atoms with E-state index in [-0.39, 0.29) is 0 Å². The summed E-state index contributed by atoms with van der Waals surface area (Å²) in [6.45, 7) is 5.00. The second-order valence-electron chi connectivity index (χ2n) is 7.27. The van der Waals surface area contributed by atoms with Crippen molar-refractivity contribution in [2.24, 2.45) is 0 Å². The van der Waals surface area contributed by atoms with Gasteiger partial charge in [0.25, 0.3) is 0 Å². The van der Waals surface area contributed by atoms with E-state index in [0.717, 1.165) is 65.2 Å². The number of pyridine rings is 1. The third-order valence-electron chi connectivity index (χ3n) is 5.14. The van der Waals surface area contributed by atoms with Crippen LogP contribution >= 0.6 is 11.3 Å². The fraction of sp³-hybridized carbons (Fsp3) is 0.261. The minimum absolute atomic E-state index is 0.627. The van der Waals surface area contributed by atoms with Crippen LogP contribution in [0.15, 0.2) is 42.7 Å². The molecule has 0 aliphatic carbocycles. The molecule has 1 aliphatic heterocycles. The van der Waals surface area contributed by atoms with E-state index in [1.54, 1.807) is 17.5 Å². The molecule has 1 aromatic carbocycles. The molecule has 0 radical (unpaired) electrons. The number of nitrogens with zero attached hydrogens (tertiary/aromatic N) is 4. The van der Waals surface area contributed by atoms with Gasteiger partial charge in [-0.1, -0.05) is 17.3 Å². The van der Waals surface area contributed by atoms with Crippen LogP contribution in [-0.4, -0.2) is 65.1 Å². The molecule has 0 atom stereocenters. The Hall–Kier alpha value is -3.45. The lowest BCUT2D eigenvalue weighted by Crippen LogP contribution is -2.38. The standard InChI is InChI=1S/C23H21N5O3S/c29-16-25-18-4-1-17(2-5-18)3-6-19-15-28-22-21(32-23(28)26-19)13-20(14-24-22)31-12-9-27-7-10-30-11-8-27/h1-2,4-5,13-16H,7-12H2,(H,25,29). The summed E-state index contributed by atoms with van der Waals surface area (Å²) in [5, 5.41) is 2.60. The van der Waals surface area contributed by atoms with E-state index in [1.165, 1.54) is 0 Å². The number of carbonyl (C=O) groups is 1. The van der Waals surface area contributed by atoms with Crippen LogP contribution in [0.1, 0.15) is 11.3 Å². The van der Waals surface area contributed by atoms with Crippen LogP contribution in [-0.2, 0) is 9.53 Å². The molecule has 0 spiro atoms. The number of aromatic nitrogens is 3. The number of rotatable bonds is 6. The van der Waals surface area contributed by atoms with Gasteiger partial charge in [-0.05, 0) is 30.2 Å². The number of nitrogens with one attached hydrogen (secondary N) is 1. The summed E-state index contributed by atoms with van der Waals surface area (Å²) < 4.78 is 14.3. The number of anilines is 1. The SMILES string of the molecule is O=CNc1ccc(C#Cc2cn3c(n2)sc2cc(OCCN4CCOCC4)cnc23)cc1. The maximum atomic E-state index is 10.5. The minimum atomic E-state index is 0.627. The van der Waals surface area contributed by atoms with Gasteiger partial charge in [0.1, 0.15) is 18.1 Å². The molecule has 0 bridgehead atoms. The molecule has 1 N–H and O–H groups in total. The number of fused-ring (bicyclic) bond motifs is 3. The molecule has 0 saturated carbocycles. The van der Waals surface area contributed by atoms with Crippen LogP contribution < -0.4 is 10.1 Å². The fourth-order valence-electron chi connectivity index (χ4n) is 3.47. The van der Waals surface area contributed by atoms with Gasteiger partial charge in [-0.25, -0.2) is 9.97 Å². The predicted molar refractivity (Wildman–Crippen MR) is 123 cm³/mol. The van der Waals surface area contributed by atoms with Crippen molar-refractivity contribution in [1.29, 1.82) is 0 Å². The summed E-state index contributed by atoms with van der Waals surface area (Å²) in [4.78, 5) is 22.9. The molecule has 1 amide bonds. The smallest absolute Gasteiger partial charge is 0.211 e. The maximum Gasteiger partial charge on any atom is 0.211 e. The Labute approximate surface area is 188 Å². The van der Waals surface area contributed by atoms with Crippen LogP contribution in [0.5, 0.6) is 5.75 Å². The van der Waals surface area contributed by atoms with Crippen molar-refractivity contribution in [3.05, 3.63) is 54.0 Å². The first-order chi connectivity index (χ1) is 15.8. The van der Waals surface area contributed by atoms with Gasteiger partial charge >= 0.3 is 0 Å². The van der Waals surface area contributed by atoms with E-state index in [9.17, 15) is 4.79 Å². The third-order valence-corrected chi connectivity index (χ3v) is 6.13. The molecule has 3 aromatic heterocycles. The Bertz CT molecular complexity index is 1300. The number of benzene rings is 1. The van der Waals surface area contributed by atoms with Crippen molar-refractivity contribution in [1.82, 2.24) is 19.3 Å². The van der Waals surface area contributed by atoms with E-state index in [0.29, 0.717) is 18.7 Å². The molecular weight excluding hydrogens is 426 g/mol. The molecular formula is C23H21N5O3S. The molecule has 5 rings (SSSR count). The summed E-state index contributed by atoms with van der Waals surface area (Å²) in [6, 6.07) is 9.34. The zero-order valence-electron chi connectivity index (χ0n) is 17.3. The minimum Gasteiger partial charge on any atom is -0.491 e. The van der Waals surface area contributed by atoms with Crippen molar-refractivity contribution >= 4 is 38.7 Å². The molecule has 162 valence electrons. The van der Waals surface area contributed by atoms with Crippen molar-refractivity contribution in [2.75, 3.05) is 44.8 Å². The summed E-state index contributed by atoms with van der Waals surface area (Å²) >= 11 is 1.56. The predicted octanol–water partition coefficient (Wildman–Crippen LogP) is 2.62. The van der Waals surface area contributed by atoms with Crippen LogP contribution in [0.3, 0.4) is 0 Å². The van der Waals surface area contributed by atoms with E-state index in [4.69, 9.17) is 9.47 Å². The van der Waals surface area contributed by atoms with Crippen LogP contribution in [0.25, 0.3) is 15.3 Å². The van der Waals surface area contributed by atoms with Crippen molar-refractivity contribution in [3.63, 3.8) is 0 Å². The largest absolute Gasteiger partial charge is 0.491 e. The quantitative estimate of drug-likeness (QED) is 0.362. The van der Waals surface area contributed by atoms with E-state index in [1.807, 2.05) is 40.9 Å². The highest BCUT2D eigenvalue weighted by Crippen LogP contribution is 2.27. The van der Waals surface area contributed by atoms with Gasteiger partial charge in [-0.2, -0.15) is 0 Å². The number of thiazole rings is 1. The normalized spacial score (nSPS) is 14.2. The molecule has 8 nitrogen and oxygen atoms in total. The monoisotopic (exact) mass is 447 g/mol. The Morgan fingerprint density at radius 3 is 2.88 bits per heavy atom. The number of amides is 1. The first kappa shape index (κ1) is 20.5. The number of morpholine rings is 1. The third kappa shape index (κ3) is 4.57. The Kier molecular flexibility index (Phi) is 5.98. The Morgan fingerprint density at radius 2 is 2.06 bits per heavy atom. The topological polar surface area (TPSA) is 81.0 Å². The van der Waals surface area contributed by atoms with Gasteiger partial charge in [0, 0.05) is 43.1 Å². The van der Waals surface area contributed by atoms with Crippen molar-refractivity contribution in [3.8, 4) is 17.6 Å². The van der Waals surface area contributed by atoms with E-state index in [2.05, 4.69) is 32.0 Å². The highest BCUT2D eigenvalue weighted by atomic mass is 32.1. The van der Waals surface area contributed by atoms with Gasteiger partial charge in [0.15, 0.2) is 10.6 Å². The molecule has 9 heteroatoms. The maximum absolute atomic E-state index is 10.5. The first-order valence-electron chi connectivity index (χ1n) is 10.3. The Balaban J connectivity index is 1.27. The van der Waals surface area contributed by atoms with E-state index >= 15 is 0 Å². The average molecular weight is 448 g/mol. The van der Waals surface area contributed by atoms with Crippen LogP contribution in [0.4, 0.5) is 5.69 Å². The number of ether oxygens (including phenoxy) is 2. The summed E-state index contributed by atoms with van der Waals surface area (Å²) in [7, 11) is 0. The number of carbonyl (C=O) groups excluding carboxylic acids is 1. The fourth-order valence-corrected chi connectivity index (χ4v) is 4.47. The Morgan fingerprint density at radius 1 is 1.22 bits per heavy atom. The molecule has 4 heterocycles. The summed E-state index contributed by atoms with van der Waals surface area (Å²) in [5.41, 5.74) is 3.10. The number of hydrogen-bond donors (Lipinski definition) is 1. The lowest BCUT2D eigenvalue weighted by molar-refractivity contribution is -0.105. The summed E-state index contributed by atoms with van der Waals surface area (Å²) in [5.74, 6) is 6.96. The van der Waals surface area contributed by atoms with Gasteiger partial charge < -0.3 is 14.8 Å². The molecule has 1 fully saturated rings. The molecule has 32 heavy (non-hydrogen) atoms. The first-order valence-corrected chi connectivity index (χ1v) is 11.1. The second-order valence-corrected chi connectivity index (χ2v) is 8.27. The average Bonchev–Trinajstić information content (AvgIpc) is 3.37. The van der Waals surface area contributed by atoms with E-state index < -0.39 is 0 Å².